The minimum Gasteiger partial charge on any atom is -0.339 e. The maximum Gasteiger partial charge on any atom is 0.229 e. The molecule has 1 atom stereocenters. The number of nitrogens with zero attached hydrogens (tertiary/aromatic N) is 4. The van der Waals surface area contributed by atoms with Crippen LogP contribution in [0.4, 0.5) is 0 Å². The van der Waals surface area contributed by atoms with E-state index < -0.39 is 0 Å². The van der Waals surface area contributed by atoms with Gasteiger partial charge < -0.3 is 4.52 Å². The lowest BCUT2D eigenvalue weighted by atomic mass is 10.1. The summed E-state index contributed by atoms with van der Waals surface area (Å²) in [4.78, 5) is 8.72. The summed E-state index contributed by atoms with van der Waals surface area (Å²) in [6.07, 6.45) is 3.00. The molecule has 0 aliphatic heterocycles. The maximum atomic E-state index is 8.58. The van der Waals surface area contributed by atoms with Gasteiger partial charge in [-0.25, -0.2) is 0 Å². The van der Waals surface area contributed by atoms with E-state index in [9.17, 15) is 0 Å². The van der Waals surface area contributed by atoms with E-state index in [1.54, 1.807) is 6.20 Å². The molecule has 2 aromatic rings. The fourth-order valence-corrected chi connectivity index (χ4v) is 1.89. The lowest BCUT2D eigenvalue weighted by Crippen LogP contribution is -1.95. The molecule has 0 bridgehead atoms. The molecule has 98 valence electrons. The van der Waals surface area contributed by atoms with Crippen LogP contribution in [-0.2, 0) is 0 Å². The fraction of sp³-hybridized carbons (Fsp3) is 0.429. The van der Waals surface area contributed by atoms with Crippen LogP contribution in [0.1, 0.15) is 42.7 Å². The van der Waals surface area contributed by atoms with Crippen LogP contribution in [0.25, 0.3) is 11.5 Å². The summed E-state index contributed by atoms with van der Waals surface area (Å²) in [6, 6.07) is 4.16. The summed E-state index contributed by atoms with van der Waals surface area (Å²) in [5.74, 6) is 1.16. The highest BCUT2D eigenvalue weighted by atomic mass is 16.5. The Kier molecular flexibility index (Phi) is 3.91. The van der Waals surface area contributed by atoms with Crippen LogP contribution in [0.5, 0.6) is 0 Å². The first kappa shape index (κ1) is 13.2. The summed E-state index contributed by atoms with van der Waals surface area (Å²) in [7, 11) is 0. The van der Waals surface area contributed by atoms with Crippen molar-refractivity contribution in [2.45, 2.75) is 39.5 Å². The molecule has 0 amide bonds. The van der Waals surface area contributed by atoms with E-state index in [1.165, 1.54) is 0 Å². The fourth-order valence-electron chi connectivity index (χ4n) is 1.89. The molecule has 0 saturated carbocycles. The molecule has 0 saturated heterocycles. The first-order chi connectivity index (χ1) is 9.11. The number of rotatable bonds is 4. The molecule has 2 heterocycles. The van der Waals surface area contributed by atoms with Crippen molar-refractivity contribution in [3.05, 3.63) is 29.3 Å². The van der Waals surface area contributed by atoms with Crippen molar-refractivity contribution in [2.24, 2.45) is 0 Å². The van der Waals surface area contributed by atoms with Crippen LogP contribution in [-0.4, -0.2) is 15.1 Å². The molecule has 1 unspecified atom stereocenters. The molecule has 0 spiro atoms. The van der Waals surface area contributed by atoms with Crippen LogP contribution in [0.15, 0.2) is 16.8 Å². The molecule has 19 heavy (non-hydrogen) atoms. The summed E-state index contributed by atoms with van der Waals surface area (Å²) in [5.41, 5.74) is 2.87. The molecule has 0 N–H and O–H groups in total. The molecule has 5 nitrogen and oxygen atoms in total. The van der Waals surface area contributed by atoms with Gasteiger partial charge in [-0.1, -0.05) is 18.1 Å². The van der Waals surface area contributed by atoms with E-state index in [-0.39, 0.29) is 5.92 Å². The largest absolute Gasteiger partial charge is 0.339 e. The first-order valence-electron chi connectivity index (χ1n) is 6.26. The van der Waals surface area contributed by atoms with Gasteiger partial charge in [-0.2, -0.15) is 10.2 Å². The average molecular weight is 256 g/mol. The van der Waals surface area contributed by atoms with E-state index in [0.29, 0.717) is 18.1 Å². The third-order valence-corrected chi connectivity index (χ3v) is 2.98. The number of aromatic nitrogens is 3. The molecular formula is C14H16N4O. The SMILES string of the molecule is Cc1cnc(-c2noc(C(C)CCC#N)n2)c(C)c1. The third kappa shape index (κ3) is 2.97. The Bertz CT molecular complexity index is 612. The van der Waals surface area contributed by atoms with Gasteiger partial charge in [-0.15, -0.1) is 0 Å². The zero-order valence-electron chi connectivity index (χ0n) is 11.3. The van der Waals surface area contributed by atoms with E-state index in [2.05, 4.69) is 21.2 Å². The van der Waals surface area contributed by atoms with E-state index >= 15 is 0 Å². The Morgan fingerprint density at radius 1 is 1.42 bits per heavy atom. The second-order valence-corrected chi connectivity index (χ2v) is 4.73. The Hall–Kier alpha value is -2.22. The molecular weight excluding hydrogens is 240 g/mol. The summed E-state index contributed by atoms with van der Waals surface area (Å²) in [5, 5.41) is 12.6. The Labute approximate surface area is 112 Å². The Balaban J connectivity index is 2.23. The lowest BCUT2D eigenvalue weighted by molar-refractivity contribution is 0.355. The Morgan fingerprint density at radius 2 is 2.21 bits per heavy atom. The van der Waals surface area contributed by atoms with Gasteiger partial charge in [0, 0.05) is 18.5 Å². The minimum atomic E-state index is 0.0895. The van der Waals surface area contributed by atoms with E-state index in [4.69, 9.17) is 9.78 Å². The highest BCUT2D eigenvalue weighted by Gasteiger charge is 2.16. The van der Waals surface area contributed by atoms with Gasteiger partial charge in [0.2, 0.25) is 11.7 Å². The van der Waals surface area contributed by atoms with Crippen LogP contribution >= 0.6 is 0 Å². The van der Waals surface area contributed by atoms with Crippen LogP contribution in [0, 0.1) is 25.2 Å². The average Bonchev–Trinajstić information content (AvgIpc) is 2.85. The van der Waals surface area contributed by atoms with Crippen LogP contribution in [0.3, 0.4) is 0 Å². The zero-order valence-corrected chi connectivity index (χ0v) is 11.3. The van der Waals surface area contributed by atoms with Gasteiger partial charge in [0.05, 0.1) is 6.07 Å². The van der Waals surface area contributed by atoms with E-state index in [0.717, 1.165) is 23.2 Å². The molecule has 0 radical (unpaired) electrons. The van der Waals surface area contributed by atoms with Crippen molar-refractivity contribution in [1.29, 1.82) is 5.26 Å². The molecule has 2 aromatic heterocycles. The number of aryl methyl sites for hydroxylation is 2. The predicted molar refractivity (Wildman–Crippen MR) is 70.3 cm³/mol. The third-order valence-electron chi connectivity index (χ3n) is 2.98. The van der Waals surface area contributed by atoms with Gasteiger partial charge in [0.1, 0.15) is 5.69 Å². The number of nitriles is 1. The normalized spacial score (nSPS) is 12.1. The summed E-state index contributed by atoms with van der Waals surface area (Å²) >= 11 is 0. The molecule has 2 rings (SSSR count). The number of hydrogen-bond acceptors (Lipinski definition) is 5. The highest BCUT2D eigenvalue weighted by molar-refractivity contribution is 5.54. The predicted octanol–water partition coefficient (Wildman–Crippen LogP) is 3.16. The van der Waals surface area contributed by atoms with Crippen molar-refractivity contribution in [1.82, 2.24) is 15.1 Å². The first-order valence-corrected chi connectivity index (χ1v) is 6.26. The molecule has 0 aliphatic carbocycles. The van der Waals surface area contributed by atoms with Crippen molar-refractivity contribution in [2.75, 3.05) is 0 Å². The van der Waals surface area contributed by atoms with Crippen molar-refractivity contribution < 1.29 is 4.52 Å². The van der Waals surface area contributed by atoms with Crippen LogP contribution < -0.4 is 0 Å². The molecule has 0 fully saturated rings. The lowest BCUT2D eigenvalue weighted by Gasteiger charge is -2.02. The highest BCUT2D eigenvalue weighted by Crippen LogP contribution is 2.23. The second-order valence-electron chi connectivity index (χ2n) is 4.73. The quantitative estimate of drug-likeness (QED) is 0.839. The number of pyridine rings is 1. The summed E-state index contributed by atoms with van der Waals surface area (Å²) in [6.45, 7) is 5.95. The second kappa shape index (κ2) is 5.61. The van der Waals surface area contributed by atoms with Crippen LogP contribution in [0.2, 0.25) is 0 Å². The topological polar surface area (TPSA) is 75.6 Å². The van der Waals surface area contributed by atoms with Crippen molar-refractivity contribution >= 4 is 0 Å². The van der Waals surface area contributed by atoms with Crippen molar-refractivity contribution in [3.63, 3.8) is 0 Å². The van der Waals surface area contributed by atoms with Gasteiger partial charge in [-0.3, -0.25) is 4.98 Å². The van der Waals surface area contributed by atoms with Gasteiger partial charge in [0.25, 0.3) is 0 Å². The molecule has 0 aliphatic rings. The smallest absolute Gasteiger partial charge is 0.229 e. The van der Waals surface area contributed by atoms with Gasteiger partial charge in [-0.05, 0) is 31.4 Å². The Morgan fingerprint density at radius 3 is 2.89 bits per heavy atom. The van der Waals surface area contributed by atoms with Gasteiger partial charge >= 0.3 is 0 Å². The zero-order chi connectivity index (χ0) is 13.8. The van der Waals surface area contributed by atoms with Gasteiger partial charge in [0.15, 0.2) is 0 Å². The molecule has 5 heteroatoms. The van der Waals surface area contributed by atoms with E-state index in [1.807, 2.05) is 26.8 Å². The number of hydrogen-bond donors (Lipinski definition) is 0. The minimum absolute atomic E-state index is 0.0895. The monoisotopic (exact) mass is 256 g/mol. The van der Waals surface area contributed by atoms with Crippen molar-refractivity contribution in [3.8, 4) is 17.6 Å². The molecule has 0 aromatic carbocycles. The standard InChI is InChI=1S/C14H16N4O/c1-9-7-11(3)12(16-8-9)13-17-14(19-18-13)10(2)5-4-6-15/h7-8,10H,4-5H2,1-3H3. The maximum absolute atomic E-state index is 8.58. The summed E-state index contributed by atoms with van der Waals surface area (Å²) < 4.78 is 5.25.